The van der Waals surface area contributed by atoms with Crippen molar-refractivity contribution >= 4 is 11.6 Å². The number of methoxy groups -OCH3 is 1. The highest BCUT2D eigenvalue weighted by Crippen LogP contribution is 2.38. The van der Waals surface area contributed by atoms with Crippen LogP contribution < -0.4 is 16.2 Å². The first-order chi connectivity index (χ1) is 9.44. The van der Waals surface area contributed by atoms with Gasteiger partial charge in [0, 0.05) is 5.02 Å². The van der Waals surface area contributed by atoms with Gasteiger partial charge in [0.2, 0.25) is 0 Å². The lowest BCUT2D eigenvalue weighted by molar-refractivity contribution is 0.391. The minimum absolute atomic E-state index is 0.318. The summed E-state index contributed by atoms with van der Waals surface area (Å²) in [6.45, 7) is 7.69. The highest BCUT2D eigenvalue weighted by atomic mass is 35.5. The summed E-state index contributed by atoms with van der Waals surface area (Å²) in [5.41, 5.74) is 13.8. The second-order valence-corrected chi connectivity index (χ2v) is 6.18. The third-order valence-electron chi connectivity index (χ3n) is 3.82. The van der Waals surface area contributed by atoms with Crippen molar-refractivity contribution in [1.29, 1.82) is 0 Å². The van der Waals surface area contributed by atoms with Crippen molar-refractivity contribution in [2.75, 3.05) is 20.2 Å². The summed E-state index contributed by atoms with van der Waals surface area (Å²) in [5.74, 6) is 1.97. The fraction of sp³-hybridized carbons (Fsp3) is 0.625. The van der Waals surface area contributed by atoms with Crippen LogP contribution in [-0.4, -0.2) is 20.2 Å². The lowest BCUT2D eigenvalue weighted by atomic mass is 9.87. The Labute approximate surface area is 127 Å². The van der Waals surface area contributed by atoms with Gasteiger partial charge in [0.15, 0.2) is 0 Å². The van der Waals surface area contributed by atoms with Crippen LogP contribution in [0.15, 0.2) is 12.1 Å². The predicted molar refractivity (Wildman–Crippen MR) is 86.7 cm³/mol. The molecule has 1 atom stereocenters. The summed E-state index contributed by atoms with van der Waals surface area (Å²) in [5, 5.41) is 0.758. The molecule has 0 saturated carbocycles. The molecule has 1 rings (SSSR count). The molecule has 0 heterocycles. The number of benzene rings is 1. The van der Waals surface area contributed by atoms with Gasteiger partial charge in [-0.1, -0.05) is 32.4 Å². The molecular weight excluding hydrogens is 272 g/mol. The van der Waals surface area contributed by atoms with Crippen LogP contribution >= 0.6 is 11.6 Å². The third kappa shape index (κ3) is 4.11. The van der Waals surface area contributed by atoms with E-state index in [2.05, 4.69) is 20.8 Å². The van der Waals surface area contributed by atoms with Gasteiger partial charge in [-0.15, -0.1) is 0 Å². The lowest BCUT2D eigenvalue weighted by Gasteiger charge is -2.23. The number of hydrogen-bond donors (Lipinski definition) is 2. The zero-order chi connectivity index (χ0) is 15.3. The van der Waals surface area contributed by atoms with E-state index in [1.165, 1.54) is 0 Å². The van der Waals surface area contributed by atoms with Gasteiger partial charge in [-0.25, -0.2) is 0 Å². The topological polar surface area (TPSA) is 61.3 Å². The molecule has 0 aliphatic carbocycles. The van der Waals surface area contributed by atoms with E-state index < -0.39 is 0 Å². The number of rotatable bonds is 7. The van der Waals surface area contributed by atoms with Crippen LogP contribution in [0.5, 0.6) is 5.75 Å². The molecule has 0 radical (unpaired) electrons. The Morgan fingerprint density at radius 3 is 2.10 bits per heavy atom. The normalized spacial score (nSPS) is 13.1. The van der Waals surface area contributed by atoms with E-state index in [0.717, 1.165) is 28.3 Å². The summed E-state index contributed by atoms with van der Waals surface area (Å²) in [4.78, 5) is 0. The Kier molecular flexibility index (Phi) is 6.80. The van der Waals surface area contributed by atoms with Gasteiger partial charge in [0.1, 0.15) is 5.75 Å². The van der Waals surface area contributed by atoms with Crippen molar-refractivity contribution in [1.82, 2.24) is 0 Å². The quantitative estimate of drug-likeness (QED) is 0.810. The number of hydrogen-bond acceptors (Lipinski definition) is 3. The third-order valence-corrected chi connectivity index (χ3v) is 4.04. The molecule has 0 aliphatic heterocycles. The summed E-state index contributed by atoms with van der Waals surface area (Å²) in [6, 6.07) is 3.99. The average molecular weight is 299 g/mol. The number of halogens is 1. The lowest BCUT2D eigenvalue weighted by Crippen LogP contribution is -2.24. The molecule has 0 amide bonds. The number of ether oxygens (including phenoxy) is 1. The Hall–Kier alpha value is -0.770. The van der Waals surface area contributed by atoms with Gasteiger partial charge in [-0.2, -0.15) is 0 Å². The molecule has 0 aromatic heterocycles. The van der Waals surface area contributed by atoms with Crippen LogP contribution in [0.4, 0.5) is 0 Å². The van der Waals surface area contributed by atoms with Crippen LogP contribution in [0.1, 0.15) is 50.2 Å². The molecule has 1 aromatic carbocycles. The summed E-state index contributed by atoms with van der Waals surface area (Å²) in [7, 11) is 1.72. The van der Waals surface area contributed by atoms with Crippen molar-refractivity contribution in [3.05, 3.63) is 28.3 Å². The molecular formula is C16H27ClN2O. The second-order valence-electron chi connectivity index (χ2n) is 5.75. The smallest absolute Gasteiger partial charge is 0.125 e. The van der Waals surface area contributed by atoms with E-state index in [-0.39, 0.29) is 0 Å². The molecule has 114 valence electrons. The zero-order valence-electron chi connectivity index (χ0n) is 12.9. The Balaban J connectivity index is 3.15. The van der Waals surface area contributed by atoms with Crippen LogP contribution in [-0.2, 0) is 0 Å². The minimum Gasteiger partial charge on any atom is -0.496 e. The van der Waals surface area contributed by atoms with Gasteiger partial charge in [0.25, 0.3) is 0 Å². The van der Waals surface area contributed by atoms with Gasteiger partial charge in [-0.3, -0.25) is 0 Å². The molecule has 1 aromatic rings. The van der Waals surface area contributed by atoms with Gasteiger partial charge < -0.3 is 16.2 Å². The molecule has 3 nitrogen and oxygen atoms in total. The molecule has 1 unspecified atom stereocenters. The standard InChI is InChI=1S/C16H27ClN2O/c1-10(2)14-6-13(17)7-15(16(14)20-4)11(3)5-12(8-18)9-19/h6-7,10-12H,5,8-9,18-19H2,1-4H3. The first-order valence-electron chi connectivity index (χ1n) is 7.21. The summed E-state index contributed by atoms with van der Waals surface area (Å²) >= 11 is 6.27. The molecule has 0 saturated heterocycles. The molecule has 0 fully saturated rings. The van der Waals surface area contributed by atoms with Crippen molar-refractivity contribution in [2.45, 2.75) is 39.0 Å². The van der Waals surface area contributed by atoms with Crippen LogP contribution in [0.2, 0.25) is 5.02 Å². The van der Waals surface area contributed by atoms with E-state index in [4.69, 9.17) is 27.8 Å². The molecule has 0 spiro atoms. The van der Waals surface area contributed by atoms with E-state index in [1.54, 1.807) is 7.11 Å². The average Bonchev–Trinajstić information content (AvgIpc) is 2.43. The van der Waals surface area contributed by atoms with E-state index in [9.17, 15) is 0 Å². The fourth-order valence-corrected chi connectivity index (χ4v) is 2.82. The molecule has 20 heavy (non-hydrogen) atoms. The highest BCUT2D eigenvalue weighted by Gasteiger charge is 2.20. The van der Waals surface area contributed by atoms with Gasteiger partial charge in [-0.05, 0) is 60.5 Å². The number of nitrogens with two attached hydrogens (primary N) is 2. The van der Waals surface area contributed by atoms with Crippen LogP contribution in [0, 0.1) is 5.92 Å². The van der Waals surface area contributed by atoms with Crippen molar-refractivity contribution in [2.24, 2.45) is 17.4 Å². The maximum absolute atomic E-state index is 6.27. The largest absolute Gasteiger partial charge is 0.496 e. The van der Waals surface area contributed by atoms with Crippen LogP contribution in [0.25, 0.3) is 0 Å². The van der Waals surface area contributed by atoms with Crippen molar-refractivity contribution < 1.29 is 4.74 Å². The Morgan fingerprint density at radius 2 is 1.65 bits per heavy atom. The Bertz CT molecular complexity index is 431. The second kappa shape index (κ2) is 7.87. The van der Waals surface area contributed by atoms with Crippen molar-refractivity contribution in [3.8, 4) is 5.75 Å². The van der Waals surface area contributed by atoms with Gasteiger partial charge >= 0.3 is 0 Å². The monoisotopic (exact) mass is 298 g/mol. The van der Waals surface area contributed by atoms with Crippen molar-refractivity contribution in [3.63, 3.8) is 0 Å². The van der Waals surface area contributed by atoms with E-state index >= 15 is 0 Å². The van der Waals surface area contributed by atoms with E-state index in [1.807, 2.05) is 12.1 Å². The molecule has 0 aliphatic rings. The zero-order valence-corrected chi connectivity index (χ0v) is 13.7. The molecule has 4 heteroatoms. The maximum Gasteiger partial charge on any atom is 0.125 e. The van der Waals surface area contributed by atoms with E-state index in [0.29, 0.717) is 30.8 Å². The first kappa shape index (κ1) is 17.3. The highest BCUT2D eigenvalue weighted by molar-refractivity contribution is 6.30. The minimum atomic E-state index is 0.318. The molecule has 0 bridgehead atoms. The maximum atomic E-state index is 6.27. The summed E-state index contributed by atoms with van der Waals surface area (Å²) < 4.78 is 5.64. The fourth-order valence-electron chi connectivity index (χ4n) is 2.58. The molecule has 4 N–H and O–H groups in total. The SMILES string of the molecule is COc1c(C(C)C)cc(Cl)cc1C(C)CC(CN)CN. The summed E-state index contributed by atoms with van der Waals surface area (Å²) in [6.07, 6.45) is 0.946. The Morgan fingerprint density at radius 1 is 1.10 bits per heavy atom. The predicted octanol–water partition coefficient (Wildman–Crippen LogP) is 3.50. The van der Waals surface area contributed by atoms with Crippen LogP contribution in [0.3, 0.4) is 0 Å². The first-order valence-corrected chi connectivity index (χ1v) is 7.59. The van der Waals surface area contributed by atoms with Gasteiger partial charge in [0.05, 0.1) is 7.11 Å².